The largest absolute Gasteiger partial charge is 0.467 e. The Morgan fingerprint density at radius 2 is 1.35 bits per heavy atom. The van der Waals surface area contributed by atoms with E-state index in [2.05, 4.69) is 15.0 Å². The Kier molecular flexibility index (Phi) is 3.34. The van der Waals surface area contributed by atoms with Crippen LogP contribution in [0.25, 0.3) is 0 Å². The van der Waals surface area contributed by atoms with Crippen molar-refractivity contribution in [1.82, 2.24) is 15.0 Å². The molecule has 0 N–H and O–H groups in total. The van der Waals surface area contributed by atoms with Crippen LogP contribution in [-0.4, -0.2) is 29.2 Å². The third-order valence-electron chi connectivity index (χ3n) is 2.01. The van der Waals surface area contributed by atoms with Gasteiger partial charge in [0.2, 0.25) is 5.95 Å². The van der Waals surface area contributed by atoms with Crippen LogP contribution in [0.4, 0.5) is 5.95 Å². The molecule has 1 aliphatic heterocycles. The van der Waals surface area contributed by atoms with Crippen LogP contribution in [0.15, 0.2) is 36.7 Å². The molecule has 0 saturated carbocycles. The zero-order valence-corrected chi connectivity index (χ0v) is 9.57. The molecule has 2 heterocycles. The summed E-state index contributed by atoms with van der Waals surface area (Å²) in [6.07, 6.45) is 11.2. The molecule has 17 heavy (non-hydrogen) atoms. The number of nitrogens with zero attached hydrogens (tertiary/aromatic N) is 4. The lowest BCUT2D eigenvalue weighted by Crippen LogP contribution is -2.12. The second-order valence-electron chi connectivity index (χ2n) is 3.08. The summed E-state index contributed by atoms with van der Waals surface area (Å²) in [5.41, 5.74) is 0. The van der Waals surface area contributed by atoms with Crippen LogP contribution >= 0.6 is 0 Å². The molecule has 6 heteroatoms. The van der Waals surface area contributed by atoms with Gasteiger partial charge in [0.05, 0.1) is 14.2 Å². The van der Waals surface area contributed by atoms with Gasteiger partial charge in [-0.1, -0.05) is 12.2 Å². The van der Waals surface area contributed by atoms with Gasteiger partial charge in [-0.2, -0.15) is 9.97 Å². The Bertz CT molecular complexity index is 444. The molecule has 6 nitrogen and oxygen atoms in total. The summed E-state index contributed by atoms with van der Waals surface area (Å²) < 4.78 is 9.97. The Balaban J connectivity index is 2.37. The number of anilines is 1. The lowest BCUT2D eigenvalue weighted by Gasteiger charge is -2.13. The first-order valence-electron chi connectivity index (χ1n) is 4.97. The average Bonchev–Trinajstić information content (AvgIpc) is 2.67. The van der Waals surface area contributed by atoms with Crippen molar-refractivity contribution in [3.05, 3.63) is 36.7 Å². The summed E-state index contributed by atoms with van der Waals surface area (Å²) in [5.74, 6) is 0.435. The molecule has 0 amide bonds. The maximum absolute atomic E-state index is 4.99. The van der Waals surface area contributed by atoms with Crippen molar-refractivity contribution in [2.45, 2.75) is 0 Å². The third kappa shape index (κ3) is 2.60. The topological polar surface area (TPSA) is 60.4 Å². The van der Waals surface area contributed by atoms with E-state index in [1.54, 1.807) is 4.90 Å². The molecular weight excluding hydrogens is 220 g/mol. The van der Waals surface area contributed by atoms with Crippen LogP contribution in [0, 0.1) is 0 Å². The van der Waals surface area contributed by atoms with Crippen LogP contribution in [0.3, 0.4) is 0 Å². The Hall–Kier alpha value is -2.37. The van der Waals surface area contributed by atoms with Gasteiger partial charge in [-0.15, -0.1) is 4.98 Å². The predicted octanol–water partition coefficient (Wildman–Crippen LogP) is 1.29. The standard InChI is InChI=1S/C11H12N4O2/c1-16-10-12-9(13-11(14-10)17-2)15-7-5-3-4-6-8-15/h3-8H,1-2H3. The molecule has 0 fully saturated rings. The van der Waals surface area contributed by atoms with E-state index in [4.69, 9.17) is 9.47 Å². The molecule has 88 valence electrons. The highest BCUT2D eigenvalue weighted by Gasteiger charge is 2.10. The smallest absolute Gasteiger partial charge is 0.324 e. The molecule has 0 radical (unpaired) electrons. The second kappa shape index (κ2) is 5.11. The summed E-state index contributed by atoms with van der Waals surface area (Å²) in [7, 11) is 2.99. The minimum absolute atomic E-state index is 0.214. The molecule has 1 aromatic rings. The molecule has 1 aliphatic rings. The van der Waals surface area contributed by atoms with E-state index >= 15 is 0 Å². The zero-order chi connectivity index (χ0) is 12.1. The van der Waals surface area contributed by atoms with Crippen molar-refractivity contribution in [3.8, 4) is 12.0 Å². The van der Waals surface area contributed by atoms with Gasteiger partial charge in [0.25, 0.3) is 0 Å². The number of hydrogen-bond acceptors (Lipinski definition) is 6. The average molecular weight is 232 g/mol. The van der Waals surface area contributed by atoms with E-state index in [0.29, 0.717) is 5.95 Å². The summed E-state index contributed by atoms with van der Waals surface area (Å²) in [6, 6.07) is 0.428. The van der Waals surface area contributed by atoms with Crippen molar-refractivity contribution in [2.75, 3.05) is 19.1 Å². The number of aromatic nitrogens is 3. The molecule has 0 spiro atoms. The first-order valence-corrected chi connectivity index (χ1v) is 4.97. The van der Waals surface area contributed by atoms with Gasteiger partial charge in [-0.3, -0.25) is 4.90 Å². The van der Waals surface area contributed by atoms with Gasteiger partial charge < -0.3 is 9.47 Å². The Labute approximate surface area is 98.9 Å². The number of methoxy groups -OCH3 is 2. The van der Waals surface area contributed by atoms with Crippen LogP contribution < -0.4 is 14.4 Å². The molecule has 2 rings (SSSR count). The van der Waals surface area contributed by atoms with Crippen molar-refractivity contribution < 1.29 is 9.47 Å². The Morgan fingerprint density at radius 1 is 0.824 bits per heavy atom. The van der Waals surface area contributed by atoms with Gasteiger partial charge in [0.15, 0.2) is 0 Å². The summed E-state index contributed by atoms with van der Waals surface area (Å²) >= 11 is 0. The molecule has 0 saturated heterocycles. The highest BCUT2D eigenvalue weighted by Crippen LogP contribution is 2.17. The molecule has 0 bridgehead atoms. The van der Waals surface area contributed by atoms with Crippen molar-refractivity contribution in [3.63, 3.8) is 0 Å². The van der Waals surface area contributed by atoms with Crippen molar-refractivity contribution in [2.24, 2.45) is 0 Å². The predicted molar refractivity (Wildman–Crippen MR) is 62.8 cm³/mol. The van der Waals surface area contributed by atoms with E-state index in [-0.39, 0.29) is 12.0 Å². The highest BCUT2D eigenvalue weighted by molar-refractivity contribution is 5.43. The van der Waals surface area contributed by atoms with Crippen molar-refractivity contribution in [1.29, 1.82) is 0 Å². The van der Waals surface area contributed by atoms with Gasteiger partial charge >= 0.3 is 12.0 Å². The molecule has 0 unspecified atom stereocenters. The number of rotatable bonds is 3. The van der Waals surface area contributed by atoms with E-state index in [1.165, 1.54) is 14.2 Å². The fraction of sp³-hybridized carbons (Fsp3) is 0.182. The molecule has 0 aliphatic carbocycles. The minimum Gasteiger partial charge on any atom is -0.467 e. The monoisotopic (exact) mass is 232 g/mol. The summed E-state index contributed by atoms with van der Waals surface area (Å²) in [4.78, 5) is 13.9. The van der Waals surface area contributed by atoms with E-state index < -0.39 is 0 Å². The normalized spacial score (nSPS) is 13.6. The second-order valence-corrected chi connectivity index (χ2v) is 3.08. The SMILES string of the molecule is COc1nc(OC)nc(N2C=CC=CC=C2)n1. The van der Waals surface area contributed by atoms with Crippen LogP contribution in [0.5, 0.6) is 12.0 Å². The highest BCUT2D eigenvalue weighted by atomic mass is 16.5. The zero-order valence-electron chi connectivity index (χ0n) is 9.57. The minimum atomic E-state index is 0.214. The maximum atomic E-state index is 4.99. The van der Waals surface area contributed by atoms with Crippen LogP contribution in [0.1, 0.15) is 0 Å². The van der Waals surface area contributed by atoms with E-state index in [1.807, 2.05) is 36.7 Å². The van der Waals surface area contributed by atoms with Crippen LogP contribution in [-0.2, 0) is 0 Å². The molecule has 0 aromatic carbocycles. The summed E-state index contributed by atoms with van der Waals surface area (Å²) in [6.45, 7) is 0. The lowest BCUT2D eigenvalue weighted by molar-refractivity contribution is 0.340. The number of ether oxygens (including phenoxy) is 2. The van der Waals surface area contributed by atoms with Crippen LogP contribution in [0.2, 0.25) is 0 Å². The Morgan fingerprint density at radius 3 is 1.82 bits per heavy atom. The summed E-state index contributed by atoms with van der Waals surface area (Å²) in [5, 5.41) is 0. The maximum Gasteiger partial charge on any atom is 0.324 e. The van der Waals surface area contributed by atoms with Gasteiger partial charge in [-0.05, 0) is 12.2 Å². The lowest BCUT2D eigenvalue weighted by atomic mass is 10.5. The fourth-order valence-electron chi connectivity index (χ4n) is 1.22. The first kappa shape index (κ1) is 11.1. The van der Waals surface area contributed by atoms with Gasteiger partial charge in [-0.25, -0.2) is 0 Å². The number of hydrogen-bond donors (Lipinski definition) is 0. The first-order chi connectivity index (χ1) is 8.33. The third-order valence-corrected chi connectivity index (χ3v) is 2.01. The molecule has 1 aromatic heterocycles. The quantitative estimate of drug-likeness (QED) is 0.782. The number of allylic oxidation sites excluding steroid dienone is 4. The van der Waals surface area contributed by atoms with E-state index in [9.17, 15) is 0 Å². The van der Waals surface area contributed by atoms with E-state index in [0.717, 1.165) is 0 Å². The van der Waals surface area contributed by atoms with Crippen molar-refractivity contribution >= 4 is 5.95 Å². The van der Waals surface area contributed by atoms with Gasteiger partial charge in [0.1, 0.15) is 0 Å². The van der Waals surface area contributed by atoms with Gasteiger partial charge in [0, 0.05) is 12.4 Å². The fourth-order valence-corrected chi connectivity index (χ4v) is 1.22. The molecular formula is C11H12N4O2. The molecule has 0 atom stereocenters.